The van der Waals surface area contributed by atoms with Gasteiger partial charge in [-0.25, -0.2) is 4.39 Å². The van der Waals surface area contributed by atoms with Crippen LogP contribution >= 0.6 is 0 Å². The van der Waals surface area contributed by atoms with Gasteiger partial charge in [-0.1, -0.05) is 30.3 Å². The molecular weight excluding hydrogens is 964 g/mol. The number of benzene rings is 2. The highest BCUT2D eigenvalue weighted by Gasteiger charge is 2.35. The van der Waals surface area contributed by atoms with Crippen LogP contribution in [0, 0.1) is 17.7 Å². The Labute approximate surface area is 426 Å². The molecule has 0 aliphatic carbocycles. The van der Waals surface area contributed by atoms with Crippen LogP contribution in [-0.4, -0.2) is 131 Å². The van der Waals surface area contributed by atoms with E-state index in [1.165, 1.54) is 19.1 Å². The largest absolute Gasteiger partial charge is 0.394 e. The minimum atomic E-state index is -1.76. The second-order valence-electron chi connectivity index (χ2n) is 18.1. The van der Waals surface area contributed by atoms with E-state index in [1.54, 1.807) is 6.20 Å². The van der Waals surface area contributed by atoms with Crippen molar-refractivity contribution in [1.82, 2.24) is 36.9 Å². The third-order valence-corrected chi connectivity index (χ3v) is 12.3. The summed E-state index contributed by atoms with van der Waals surface area (Å²) < 4.78 is 14.1. The highest BCUT2D eigenvalue weighted by atomic mass is 19.1. The van der Waals surface area contributed by atoms with E-state index in [9.17, 15) is 52.6 Å². The van der Waals surface area contributed by atoms with Gasteiger partial charge in [0.1, 0.15) is 35.8 Å². The zero-order valence-electron chi connectivity index (χ0n) is 41.3. The second-order valence-corrected chi connectivity index (χ2v) is 18.1. The van der Waals surface area contributed by atoms with E-state index in [1.807, 2.05) is 24.3 Å². The Kier molecular flexibility index (Phi) is 23.4. The molecule has 18 N–H and O–H groups in total. The number of aliphatic hydroxyl groups excluding tert-OH is 1. The number of H-pyrrole nitrogens is 1. The molecule has 1 fully saturated rings. The molecular formula is C49H69FN14O10. The first-order valence-electron chi connectivity index (χ1n) is 24.4. The van der Waals surface area contributed by atoms with Gasteiger partial charge in [-0.3, -0.25) is 53.1 Å². The number of para-hydroxylation sites is 1. The molecule has 1 aromatic heterocycles. The van der Waals surface area contributed by atoms with Gasteiger partial charge in [-0.05, 0) is 87.1 Å². The van der Waals surface area contributed by atoms with Gasteiger partial charge in [0, 0.05) is 74.8 Å². The number of aliphatic imine (C=N–C) groups is 2. The van der Waals surface area contributed by atoms with Crippen molar-refractivity contribution in [3.05, 3.63) is 71.7 Å². The molecule has 3 aromatic rings. The quantitative estimate of drug-likeness (QED) is 0.0394. The predicted octanol–water partition coefficient (Wildman–Crippen LogP) is -2.04. The first-order valence-corrected chi connectivity index (χ1v) is 24.4. The molecule has 24 nitrogen and oxygen atoms in total. The van der Waals surface area contributed by atoms with E-state index in [2.05, 4.69) is 46.9 Å². The Morgan fingerprint density at radius 3 is 2.11 bits per heavy atom. The van der Waals surface area contributed by atoms with E-state index in [-0.39, 0.29) is 95.8 Å². The van der Waals surface area contributed by atoms with Gasteiger partial charge in [0.05, 0.1) is 12.6 Å². The molecule has 7 amide bonds. The monoisotopic (exact) mass is 1030 g/mol. The minimum absolute atomic E-state index is 0.0163. The van der Waals surface area contributed by atoms with Crippen molar-refractivity contribution >= 4 is 75.7 Å². The van der Waals surface area contributed by atoms with Crippen molar-refractivity contribution < 1.29 is 52.6 Å². The van der Waals surface area contributed by atoms with E-state index in [0.29, 0.717) is 11.1 Å². The maximum atomic E-state index is 14.6. The summed E-state index contributed by atoms with van der Waals surface area (Å²) in [5.41, 5.74) is 29.5. The lowest BCUT2D eigenvalue weighted by Crippen LogP contribution is -2.58. The Balaban J connectivity index is 1.75. The number of aliphatic hydroxyl groups is 1. The number of carbonyl (C=O) groups excluding carboxylic acids is 9. The summed E-state index contributed by atoms with van der Waals surface area (Å²) in [6, 6.07) is 5.15. The van der Waals surface area contributed by atoms with Crippen molar-refractivity contribution in [2.24, 2.45) is 50.5 Å². The normalized spacial score (nSPS) is 21.4. The third-order valence-electron chi connectivity index (χ3n) is 12.3. The summed E-state index contributed by atoms with van der Waals surface area (Å²) >= 11 is 0. The molecule has 0 radical (unpaired) electrons. The summed E-state index contributed by atoms with van der Waals surface area (Å²) in [5, 5.41) is 26.6. The lowest BCUT2D eigenvalue weighted by atomic mass is 9.83. The fraction of sp³-hybridized carbons (Fsp3) is 0.490. The fourth-order valence-electron chi connectivity index (χ4n) is 8.41. The van der Waals surface area contributed by atoms with Crippen LogP contribution in [-0.2, 0) is 56.0 Å². The number of primary amides is 1. The standard InChI is InChI=1S/C49H69FN14O10/c1-27(66)60-36(11-6-20-58-49(54)55)45(72)62-37-16-17-42(69)56-18-5-10-35(43(51)70)61-44(71)30(22-31-25-59-34-9-3-2-8-33(31)34)24-40(67)29(7-4-19-57-48(52)53)23-41(68)38(21-28-12-14-32(50)15-13-28)63-47(74)39(26-65)64-46(37)73/h2-3,8-9,12-15,25,29-30,35-39,59,65H,4-7,10-11,16-24,26H2,1H3,(H2,51,70)(H,56,69)(H,60,66)(H,61,71)(H,62,72)(H,63,74)(H,64,73)(H4,52,53,57)(H4,54,55,58)/t29-,30-,35+,36+,37+,38-,39+/m1/s1. The Morgan fingerprint density at radius 2 is 1.45 bits per heavy atom. The molecule has 7 atom stereocenters. The number of aromatic amines is 1. The van der Waals surface area contributed by atoms with Gasteiger partial charge < -0.3 is 70.7 Å². The summed E-state index contributed by atoms with van der Waals surface area (Å²) in [5.74, 6) is -10.1. The molecule has 1 aliphatic heterocycles. The molecule has 2 aromatic carbocycles. The summed E-state index contributed by atoms with van der Waals surface area (Å²) in [4.78, 5) is 135. The molecule has 0 saturated carbocycles. The number of fused-ring (bicyclic) bond motifs is 1. The topological polar surface area (TPSA) is 417 Å². The molecule has 402 valence electrons. The van der Waals surface area contributed by atoms with Crippen molar-refractivity contribution in [2.75, 3.05) is 26.2 Å². The number of guanidine groups is 2. The second kappa shape index (κ2) is 29.5. The van der Waals surface area contributed by atoms with Crippen LogP contribution in [0.15, 0.2) is 64.7 Å². The first-order chi connectivity index (χ1) is 35.2. The molecule has 1 aliphatic rings. The van der Waals surface area contributed by atoms with Crippen LogP contribution in [0.2, 0.25) is 0 Å². The molecule has 4 rings (SSSR count). The van der Waals surface area contributed by atoms with Gasteiger partial charge in [0.25, 0.3) is 0 Å². The number of hydrogen-bond donors (Lipinski definition) is 13. The van der Waals surface area contributed by atoms with E-state index < -0.39 is 120 Å². The number of amides is 7. The number of ketones is 2. The number of nitrogens with zero attached hydrogens (tertiary/aromatic N) is 2. The smallest absolute Gasteiger partial charge is 0.245 e. The summed E-state index contributed by atoms with van der Waals surface area (Å²) in [6.07, 6.45) is 0.386. The highest BCUT2D eigenvalue weighted by Crippen LogP contribution is 2.26. The predicted molar refractivity (Wildman–Crippen MR) is 271 cm³/mol. The van der Waals surface area contributed by atoms with Crippen LogP contribution in [0.3, 0.4) is 0 Å². The Bertz CT molecular complexity index is 2510. The lowest BCUT2D eigenvalue weighted by Gasteiger charge is -2.26. The van der Waals surface area contributed by atoms with E-state index >= 15 is 0 Å². The van der Waals surface area contributed by atoms with Gasteiger partial charge >= 0.3 is 0 Å². The molecule has 0 bridgehead atoms. The molecule has 1 saturated heterocycles. The van der Waals surface area contributed by atoms with Crippen LogP contribution in [0.4, 0.5) is 4.39 Å². The van der Waals surface area contributed by atoms with Gasteiger partial charge in [-0.15, -0.1) is 0 Å². The summed E-state index contributed by atoms with van der Waals surface area (Å²) in [6.45, 7) is 0.299. The van der Waals surface area contributed by atoms with Gasteiger partial charge in [0.2, 0.25) is 41.4 Å². The first kappa shape index (κ1) is 58.6. The fourth-order valence-corrected chi connectivity index (χ4v) is 8.41. The average Bonchev–Trinajstić information content (AvgIpc) is 3.76. The van der Waals surface area contributed by atoms with Gasteiger partial charge in [-0.2, -0.15) is 0 Å². The zero-order valence-corrected chi connectivity index (χ0v) is 41.3. The SMILES string of the molecule is CC(=O)N[C@@H](CCCN=C(N)N)C(=O)N[C@H]1CCC(=O)NCCC[C@@H](C(N)=O)NC(=O)[C@H](Cc2c[nH]c3ccccc23)CC(=O)[C@H](CCCN=C(N)N)CC(=O)[C@@H](Cc2ccc(F)cc2)NC(=O)[C@H](CO)NC1=O. The number of halogens is 1. The van der Waals surface area contributed by atoms with Crippen molar-refractivity contribution in [1.29, 1.82) is 0 Å². The lowest BCUT2D eigenvalue weighted by molar-refractivity contribution is -0.136. The van der Waals surface area contributed by atoms with Gasteiger partial charge in [0.15, 0.2) is 17.7 Å². The Morgan fingerprint density at radius 1 is 0.784 bits per heavy atom. The number of carbonyl (C=O) groups is 9. The minimum Gasteiger partial charge on any atom is -0.394 e. The number of aromatic nitrogens is 1. The van der Waals surface area contributed by atoms with Crippen LogP contribution < -0.4 is 60.6 Å². The highest BCUT2D eigenvalue weighted by molar-refractivity contribution is 5.98. The van der Waals surface area contributed by atoms with Crippen molar-refractivity contribution in [2.45, 2.75) is 114 Å². The van der Waals surface area contributed by atoms with Crippen LogP contribution in [0.1, 0.15) is 82.3 Å². The third kappa shape index (κ3) is 19.6. The number of rotatable bonds is 17. The number of hydrogen-bond acceptors (Lipinski definition) is 12. The maximum absolute atomic E-state index is 14.6. The summed E-state index contributed by atoms with van der Waals surface area (Å²) in [7, 11) is 0. The van der Waals surface area contributed by atoms with Crippen LogP contribution in [0.25, 0.3) is 10.9 Å². The molecule has 0 spiro atoms. The molecule has 74 heavy (non-hydrogen) atoms. The molecule has 2 heterocycles. The number of Topliss-reactive ketones (excluding diaryl/α,β-unsaturated/α-hetero) is 2. The van der Waals surface area contributed by atoms with E-state index in [4.69, 9.17) is 28.7 Å². The van der Waals surface area contributed by atoms with Crippen molar-refractivity contribution in [3.63, 3.8) is 0 Å². The molecule has 0 unspecified atom stereocenters. The zero-order chi connectivity index (χ0) is 54.3. The maximum Gasteiger partial charge on any atom is 0.245 e. The van der Waals surface area contributed by atoms with Crippen molar-refractivity contribution in [3.8, 4) is 0 Å². The number of nitrogens with one attached hydrogen (secondary N) is 7. The van der Waals surface area contributed by atoms with Crippen LogP contribution in [0.5, 0.6) is 0 Å². The average molecular weight is 1030 g/mol. The molecule has 25 heteroatoms. The Hall–Kier alpha value is -7.96. The number of nitrogens with two attached hydrogens (primary N) is 5. The van der Waals surface area contributed by atoms with E-state index in [0.717, 1.165) is 23.0 Å².